The molecule has 2 aromatic rings. The highest BCUT2D eigenvalue weighted by Crippen LogP contribution is 2.77. The van der Waals surface area contributed by atoms with E-state index in [4.69, 9.17) is 0 Å². The van der Waals surface area contributed by atoms with Crippen LogP contribution >= 0.6 is 7.14 Å². The zero-order valence-electron chi connectivity index (χ0n) is 15.2. The van der Waals surface area contributed by atoms with Gasteiger partial charge in [0.25, 0.3) is 0 Å². The normalized spacial score (nSPS) is 26.5. The Hall–Kier alpha value is -1.66. The summed E-state index contributed by atoms with van der Waals surface area (Å²) in [5.74, 6) is 0.259. The highest BCUT2D eigenvalue weighted by Gasteiger charge is 2.51. The summed E-state index contributed by atoms with van der Waals surface area (Å²) in [4.78, 5) is 12.7. The standard InChI is InChI=1S/C23H27O2P/c24-20-16-22(18-10-4-1-5-11-18)26(25,21-14-8-3-9-15-21)23(17-20)19-12-6-2-7-13-19/h1-2,4-7,10-13,21-23H,3,8-9,14-17H2/t22-,23-/m1/s1. The van der Waals surface area contributed by atoms with Crippen LogP contribution in [0.4, 0.5) is 0 Å². The van der Waals surface area contributed by atoms with Crippen LogP contribution in [0.25, 0.3) is 0 Å². The van der Waals surface area contributed by atoms with Crippen molar-refractivity contribution in [1.82, 2.24) is 0 Å². The van der Waals surface area contributed by atoms with Crippen molar-refractivity contribution in [3.8, 4) is 0 Å². The minimum Gasteiger partial charge on any atom is -0.322 e. The van der Waals surface area contributed by atoms with Gasteiger partial charge in [0.05, 0.1) is 0 Å². The Balaban J connectivity index is 1.83. The lowest BCUT2D eigenvalue weighted by molar-refractivity contribution is -0.119. The topological polar surface area (TPSA) is 34.1 Å². The van der Waals surface area contributed by atoms with Gasteiger partial charge < -0.3 is 4.57 Å². The van der Waals surface area contributed by atoms with Gasteiger partial charge in [-0.05, 0) is 24.0 Å². The average Bonchev–Trinajstić information content (AvgIpc) is 2.71. The molecule has 1 heterocycles. The predicted octanol–water partition coefficient (Wildman–Crippen LogP) is 6.53. The summed E-state index contributed by atoms with van der Waals surface area (Å²) in [7, 11) is -2.61. The Kier molecular flexibility index (Phi) is 5.14. The number of carbonyl (C=O) groups excluding carboxylic acids is 1. The quantitative estimate of drug-likeness (QED) is 0.579. The number of rotatable bonds is 3. The van der Waals surface area contributed by atoms with E-state index in [0.717, 1.165) is 24.0 Å². The van der Waals surface area contributed by atoms with Crippen LogP contribution in [0, 0.1) is 0 Å². The zero-order valence-corrected chi connectivity index (χ0v) is 16.1. The molecule has 26 heavy (non-hydrogen) atoms. The van der Waals surface area contributed by atoms with Gasteiger partial charge in [0.1, 0.15) is 12.9 Å². The maximum absolute atomic E-state index is 14.8. The molecular weight excluding hydrogens is 339 g/mol. The van der Waals surface area contributed by atoms with Gasteiger partial charge in [0, 0.05) is 29.8 Å². The van der Waals surface area contributed by atoms with Crippen molar-refractivity contribution in [3.05, 3.63) is 71.8 Å². The van der Waals surface area contributed by atoms with Crippen LogP contribution in [-0.2, 0) is 9.36 Å². The Bertz CT molecular complexity index is 738. The lowest BCUT2D eigenvalue weighted by Crippen LogP contribution is -2.28. The molecule has 0 amide bonds. The van der Waals surface area contributed by atoms with Crippen molar-refractivity contribution < 1.29 is 9.36 Å². The van der Waals surface area contributed by atoms with E-state index in [1.165, 1.54) is 19.3 Å². The van der Waals surface area contributed by atoms with Gasteiger partial charge in [-0.15, -0.1) is 0 Å². The van der Waals surface area contributed by atoms with Crippen molar-refractivity contribution >= 4 is 12.9 Å². The molecule has 1 saturated heterocycles. The number of hydrogen-bond acceptors (Lipinski definition) is 2. The Morgan fingerprint density at radius 1 is 0.692 bits per heavy atom. The molecule has 2 aromatic carbocycles. The molecule has 1 saturated carbocycles. The van der Waals surface area contributed by atoms with Crippen molar-refractivity contribution in [3.63, 3.8) is 0 Å². The van der Waals surface area contributed by atoms with Gasteiger partial charge in [-0.3, -0.25) is 4.79 Å². The summed E-state index contributed by atoms with van der Waals surface area (Å²) in [6.45, 7) is 0. The summed E-state index contributed by atoms with van der Waals surface area (Å²) in [5.41, 5.74) is 2.22. The Morgan fingerprint density at radius 2 is 1.15 bits per heavy atom. The fourth-order valence-electron chi connectivity index (χ4n) is 5.06. The van der Waals surface area contributed by atoms with E-state index in [2.05, 4.69) is 24.3 Å². The first kappa shape index (κ1) is 17.7. The minimum absolute atomic E-state index is 0.113. The molecule has 0 N–H and O–H groups in total. The highest BCUT2D eigenvalue weighted by atomic mass is 31.2. The lowest BCUT2D eigenvalue weighted by Gasteiger charge is -2.44. The van der Waals surface area contributed by atoms with Gasteiger partial charge in [-0.1, -0.05) is 79.9 Å². The third-order valence-electron chi connectivity index (χ3n) is 6.33. The van der Waals surface area contributed by atoms with Crippen LogP contribution in [0.5, 0.6) is 0 Å². The number of benzene rings is 2. The maximum Gasteiger partial charge on any atom is 0.135 e. The van der Waals surface area contributed by atoms with Crippen molar-refractivity contribution in [2.24, 2.45) is 0 Å². The first-order chi connectivity index (χ1) is 12.7. The van der Waals surface area contributed by atoms with E-state index in [1.807, 2.05) is 36.4 Å². The molecule has 3 heteroatoms. The Labute approximate surface area is 156 Å². The molecule has 0 aromatic heterocycles. The van der Waals surface area contributed by atoms with Crippen molar-refractivity contribution in [2.75, 3.05) is 0 Å². The van der Waals surface area contributed by atoms with Crippen LogP contribution in [0.1, 0.15) is 67.4 Å². The minimum atomic E-state index is -2.61. The second-order valence-electron chi connectivity index (χ2n) is 7.86. The van der Waals surface area contributed by atoms with Gasteiger partial charge in [-0.25, -0.2) is 0 Å². The molecule has 0 radical (unpaired) electrons. The molecule has 136 valence electrons. The van der Waals surface area contributed by atoms with E-state index in [9.17, 15) is 9.36 Å². The zero-order chi connectivity index (χ0) is 18.0. The van der Waals surface area contributed by atoms with Crippen LogP contribution in [0.15, 0.2) is 60.7 Å². The lowest BCUT2D eigenvalue weighted by atomic mass is 9.99. The smallest absolute Gasteiger partial charge is 0.135 e. The van der Waals surface area contributed by atoms with Gasteiger partial charge >= 0.3 is 0 Å². The van der Waals surface area contributed by atoms with E-state index < -0.39 is 7.14 Å². The monoisotopic (exact) mass is 366 g/mol. The largest absolute Gasteiger partial charge is 0.322 e. The second kappa shape index (κ2) is 7.53. The first-order valence-corrected chi connectivity index (χ1v) is 11.8. The van der Waals surface area contributed by atoms with Gasteiger partial charge in [0.2, 0.25) is 0 Å². The number of hydrogen-bond donors (Lipinski definition) is 0. The molecule has 2 aliphatic rings. The summed E-state index contributed by atoms with van der Waals surface area (Å²) in [6, 6.07) is 20.3. The molecule has 2 atom stereocenters. The van der Waals surface area contributed by atoms with E-state index >= 15 is 0 Å². The summed E-state index contributed by atoms with van der Waals surface area (Å²) in [5, 5.41) is 0. The SMILES string of the molecule is O=C1C[C@H](c2ccccc2)P(=O)(C2CCCCC2)[C@@H](c2ccccc2)C1. The molecule has 0 spiro atoms. The maximum atomic E-state index is 14.8. The molecule has 2 fully saturated rings. The molecule has 4 rings (SSSR count). The van der Waals surface area contributed by atoms with Crippen LogP contribution in [0.2, 0.25) is 0 Å². The summed E-state index contributed by atoms with van der Waals surface area (Å²) in [6.07, 6.45) is 6.59. The van der Waals surface area contributed by atoms with Gasteiger partial charge in [0.15, 0.2) is 0 Å². The molecule has 1 aliphatic heterocycles. The van der Waals surface area contributed by atoms with Crippen molar-refractivity contribution in [2.45, 2.75) is 61.9 Å². The van der Waals surface area contributed by atoms with Crippen LogP contribution in [0.3, 0.4) is 0 Å². The van der Waals surface area contributed by atoms with Gasteiger partial charge in [-0.2, -0.15) is 0 Å². The third-order valence-corrected chi connectivity index (χ3v) is 10.9. The van der Waals surface area contributed by atoms with Crippen LogP contribution < -0.4 is 0 Å². The number of Topliss-reactive ketones (excluding diaryl/α,β-unsaturated/α-hetero) is 1. The van der Waals surface area contributed by atoms with Crippen LogP contribution in [-0.4, -0.2) is 11.4 Å². The fraction of sp³-hybridized carbons (Fsp3) is 0.435. The third kappa shape index (κ3) is 3.21. The average molecular weight is 366 g/mol. The molecule has 0 unspecified atom stereocenters. The summed E-state index contributed by atoms with van der Waals surface area (Å²) < 4.78 is 14.8. The second-order valence-corrected chi connectivity index (χ2v) is 11.4. The first-order valence-electron chi connectivity index (χ1n) is 9.90. The number of ketones is 1. The molecule has 1 aliphatic carbocycles. The highest BCUT2D eigenvalue weighted by molar-refractivity contribution is 7.65. The van der Waals surface area contributed by atoms with E-state index in [-0.39, 0.29) is 22.8 Å². The predicted molar refractivity (Wildman–Crippen MR) is 107 cm³/mol. The number of carbonyl (C=O) groups is 1. The Morgan fingerprint density at radius 3 is 1.62 bits per heavy atom. The van der Waals surface area contributed by atoms with E-state index in [0.29, 0.717) is 12.8 Å². The van der Waals surface area contributed by atoms with E-state index in [1.54, 1.807) is 0 Å². The molecule has 0 bridgehead atoms. The summed E-state index contributed by atoms with van der Waals surface area (Å²) >= 11 is 0. The van der Waals surface area contributed by atoms with Crippen molar-refractivity contribution in [1.29, 1.82) is 0 Å². The fourth-order valence-corrected chi connectivity index (χ4v) is 9.94. The molecular formula is C23H27O2P. The molecule has 2 nitrogen and oxygen atoms in total.